The minimum absolute atomic E-state index is 0.147. The van der Waals surface area contributed by atoms with Crippen molar-refractivity contribution in [1.82, 2.24) is 0 Å². The average molecular weight is 319 g/mol. The number of aryl methyl sites for hydroxylation is 1. The van der Waals surface area contributed by atoms with Gasteiger partial charge in [0.1, 0.15) is 11.8 Å². The van der Waals surface area contributed by atoms with Crippen LogP contribution in [0.5, 0.6) is 5.75 Å². The van der Waals surface area contributed by atoms with Crippen LogP contribution in [0.1, 0.15) is 12.5 Å². The topological polar surface area (TPSA) is 50.4 Å². The molecule has 2 aromatic carbocycles. The number of carbonyl (C=O) groups excluding carboxylic acids is 1. The van der Waals surface area contributed by atoms with Crippen molar-refractivity contribution in [2.45, 2.75) is 19.9 Å². The molecule has 0 heterocycles. The van der Waals surface area contributed by atoms with Crippen LogP contribution < -0.4 is 15.4 Å². The molecule has 2 aromatic rings. The number of rotatable bonds is 5. The fraction of sp³-hybridized carbons (Fsp3) is 0.235. The molecule has 0 unspecified atom stereocenters. The van der Waals surface area contributed by atoms with Crippen molar-refractivity contribution < 1.29 is 9.53 Å². The van der Waals surface area contributed by atoms with Crippen LogP contribution in [0.25, 0.3) is 0 Å². The highest BCUT2D eigenvalue weighted by Crippen LogP contribution is 2.26. The molecule has 2 N–H and O–H groups in total. The summed E-state index contributed by atoms with van der Waals surface area (Å²) in [6.45, 7) is 3.78. The molecule has 1 amide bonds. The maximum atomic E-state index is 12.3. The fourth-order valence-electron chi connectivity index (χ4n) is 2.05. The van der Waals surface area contributed by atoms with E-state index in [2.05, 4.69) is 10.6 Å². The van der Waals surface area contributed by atoms with Gasteiger partial charge in [-0.2, -0.15) is 0 Å². The second kappa shape index (κ2) is 7.18. The van der Waals surface area contributed by atoms with Crippen molar-refractivity contribution in [3.63, 3.8) is 0 Å². The van der Waals surface area contributed by atoms with Crippen molar-refractivity contribution in [3.05, 3.63) is 53.1 Å². The van der Waals surface area contributed by atoms with Crippen molar-refractivity contribution >= 4 is 28.9 Å². The third-order valence-corrected chi connectivity index (χ3v) is 3.45. The van der Waals surface area contributed by atoms with Gasteiger partial charge in [-0.15, -0.1) is 0 Å². The van der Waals surface area contributed by atoms with Gasteiger partial charge >= 0.3 is 0 Å². The number of hydrogen-bond donors (Lipinski definition) is 2. The van der Waals surface area contributed by atoms with Gasteiger partial charge < -0.3 is 15.4 Å². The van der Waals surface area contributed by atoms with Crippen LogP contribution in [0.15, 0.2) is 42.5 Å². The minimum atomic E-state index is -0.422. The van der Waals surface area contributed by atoms with Gasteiger partial charge in [-0.25, -0.2) is 0 Å². The van der Waals surface area contributed by atoms with Crippen LogP contribution in [0.4, 0.5) is 11.4 Å². The molecule has 0 aliphatic rings. The van der Waals surface area contributed by atoms with Crippen molar-refractivity contribution in [2.24, 2.45) is 0 Å². The standard InChI is InChI=1S/C17H19ClN2O2/c1-11-7-8-16(22-3)15(9-11)19-12(2)17(21)20-14-6-4-5-13(18)10-14/h4-10,12,19H,1-3H3,(H,20,21)/t12-/m0/s1. The molecule has 0 aliphatic carbocycles. The Kier molecular flexibility index (Phi) is 5.28. The summed E-state index contributed by atoms with van der Waals surface area (Å²) >= 11 is 5.91. The predicted octanol–water partition coefficient (Wildman–Crippen LogP) is 4.10. The fourth-order valence-corrected chi connectivity index (χ4v) is 2.24. The second-order valence-electron chi connectivity index (χ2n) is 5.07. The molecule has 1 atom stereocenters. The van der Waals surface area contributed by atoms with E-state index in [0.29, 0.717) is 16.5 Å². The molecule has 4 nitrogen and oxygen atoms in total. The van der Waals surface area contributed by atoms with Crippen LogP contribution >= 0.6 is 11.6 Å². The first-order chi connectivity index (χ1) is 10.5. The summed E-state index contributed by atoms with van der Waals surface area (Å²) in [5.41, 5.74) is 2.55. The molecular formula is C17H19ClN2O2. The second-order valence-corrected chi connectivity index (χ2v) is 5.51. The number of amides is 1. The summed E-state index contributed by atoms with van der Waals surface area (Å²) < 4.78 is 5.30. The average Bonchev–Trinajstić information content (AvgIpc) is 2.47. The zero-order chi connectivity index (χ0) is 16.1. The van der Waals surface area contributed by atoms with Gasteiger partial charge in [0.15, 0.2) is 0 Å². The third kappa shape index (κ3) is 4.15. The van der Waals surface area contributed by atoms with E-state index < -0.39 is 6.04 Å². The summed E-state index contributed by atoms with van der Waals surface area (Å²) in [6, 6.07) is 12.4. The largest absolute Gasteiger partial charge is 0.495 e. The highest BCUT2D eigenvalue weighted by molar-refractivity contribution is 6.30. The summed E-state index contributed by atoms with van der Waals surface area (Å²) in [4.78, 5) is 12.3. The molecule has 0 saturated heterocycles. The smallest absolute Gasteiger partial charge is 0.246 e. The zero-order valence-electron chi connectivity index (χ0n) is 12.8. The van der Waals surface area contributed by atoms with E-state index in [1.807, 2.05) is 25.1 Å². The molecule has 0 aromatic heterocycles. The normalized spacial score (nSPS) is 11.6. The summed E-state index contributed by atoms with van der Waals surface area (Å²) in [7, 11) is 1.60. The Bertz CT molecular complexity index is 673. The molecule has 0 spiro atoms. The third-order valence-electron chi connectivity index (χ3n) is 3.21. The Morgan fingerprint density at radius 3 is 2.68 bits per heavy atom. The van der Waals surface area contributed by atoms with E-state index in [-0.39, 0.29) is 5.91 Å². The Morgan fingerprint density at radius 2 is 2.00 bits per heavy atom. The molecule has 22 heavy (non-hydrogen) atoms. The Balaban J connectivity index is 2.07. The van der Waals surface area contributed by atoms with E-state index in [0.717, 1.165) is 11.3 Å². The van der Waals surface area contributed by atoms with Crippen molar-refractivity contribution in [2.75, 3.05) is 17.7 Å². The number of benzene rings is 2. The van der Waals surface area contributed by atoms with E-state index in [4.69, 9.17) is 16.3 Å². The number of carbonyl (C=O) groups is 1. The molecular weight excluding hydrogens is 300 g/mol. The monoisotopic (exact) mass is 318 g/mol. The lowest BCUT2D eigenvalue weighted by Crippen LogP contribution is -2.32. The van der Waals surface area contributed by atoms with Crippen LogP contribution in [0.2, 0.25) is 5.02 Å². The molecule has 0 bridgehead atoms. The molecule has 116 valence electrons. The quantitative estimate of drug-likeness (QED) is 0.872. The molecule has 0 radical (unpaired) electrons. The van der Waals surface area contributed by atoms with Gasteiger partial charge in [0.05, 0.1) is 12.8 Å². The molecule has 0 aliphatic heterocycles. The molecule has 5 heteroatoms. The van der Waals surface area contributed by atoms with Gasteiger partial charge in [0.2, 0.25) is 5.91 Å². The first-order valence-corrected chi connectivity index (χ1v) is 7.35. The summed E-state index contributed by atoms with van der Waals surface area (Å²) in [6.07, 6.45) is 0. The number of methoxy groups -OCH3 is 1. The van der Waals surface area contributed by atoms with Crippen LogP contribution in [-0.4, -0.2) is 19.1 Å². The highest BCUT2D eigenvalue weighted by Gasteiger charge is 2.15. The summed E-state index contributed by atoms with van der Waals surface area (Å²) in [5, 5.41) is 6.58. The highest BCUT2D eigenvalue weighted by atomic mass is 35.5. The molecule has 0 fully saturated rings. The van der Waals surface area contributed by atoms with Gasteiger partial charge in [0.25, 0.3) is 0 Å². The summed E-state index contributed by atoms with van der Waals surface area (Å²) in [5.74, 6) is 0.554. The van der Waals surface area contributed by atoms with Gasteiger partial charge in [-0.05, 0) is 49.7 Å². The lowest BCUT2D eigenvalue weighted by molar-refractivity contribution is -0.116. The lowest BCUT2D eigenvalue weighted by Gasteiger charge is -2.18. The predicted molar refractivity (Wildman–Crippen MR) is 90.9 cm³/mol. The van der Waals surface area contributed by atoms with E-state index in [1.165, 1.54) is 0 Å². The van der Waals surface area contributed by atoms with E-state index in [9.17, 15) is 4.79 Å². The van der Waals surface area contributed by atoms with Gasteiger partial charge in [0, 0.05) is 10.7 Å². The lowest BCUT2D eigenvalue weighted by atomic mass is 10.2. The zero-order valence-corrected chi connectivity index (χ0v) is 13.6. The number of hydrogen-bond acceptors (Lipinski definition) is 3. The minimum Gasteiger partial charge on any atom is -0.495 e. The number of ether oxygens (including phenoxy) is 1. The molecule has 0 saturated carbocycles. The van der Waals surface area contributed by atoms with Gasteiger partial charge in [-0.1, -0.05) is 23.7 Å². The van der Waals surface area contributed by atoms with E-state index in [1.54, 1.807) is 38.3 Å². The molecule has 2 rings (SSSR count). The maximum absolute atomic E-state index is 12.3. The van der Waals surface area contributed by atoms with Crippen LogP contribution in [-0.2, 0) is 4.79 Å². The van der Waals surface area contributed by atoms with E-state index >= 15 is 0 Å². The maximum Gasteiger partial charge on any atom is 0.246 e. The number of halogens is 1. The van der Waals surface area contributed by atoms with Crippen LogP contribution in [0, 0.1) is 6.92 Å². The van der Waals surface area contributed by atoms with Crippen molar-refractivity contribution in [3.8, 4) is 5.75 Å². The van der Waals surface area contributed by atoms with Gasteiger partial charge in [-0.3, -0.25) is 4.79 Å². The Hall–Kier alpha value is -2.20. The Labute approximate surface area is 135 Å². The number of nitrogens with one attached hydrogen (secondary N) is 2. The van der Waals surface area contributed by atoms with Crippen LogP contribution in [0.3, 0.4) is 0 Å². The number of anilines is 2. The Morgan fingerprint density at radius 1 is 1.23 bits per heavy atom. The first-order valence-electron chi connectivity index (χ1n) is 6.97. The first kappa shape index (κ1) is 16.2. The van der Waals surface area contributed by atoms with Crippen molar-refractivity contribution in [1.29, 1.82) is 0 Å². The SMILES string of the molecule is COc1ccc(C)cc1N[C@@H](C)C(=O)Nc1cccc(Cl)c1.